The fourth-order valence-electron chi connectivity index (χ4n) is 2.16. The molecular formula is C15H18N4O. The quantitative estimate of drug-likeness (QED) is 0.684. The summed E-state index contributed by atoms with van der Waals surface area (Å²) in [6.07, 6.45) is 3.24. The van der Waals surface area contributed by atoms with Gasteiger partial charge in [0.05, 0.1) is 6.21 Å². The first kappa shape index (κ1) is 14.0. The highest BCUT2D eigenvalue weighted by atomic mass is 16.2. The molecule has 2 rings (SSSR count). The first-order valence-electron chi connectivity index (χ1n) is 6.54. The number of hydrogen-bond donors (Lipinski definition) is 1. The maximum atomic E-state index is 11.8. The van der Waals surface area contributed by atoms with Gasteiger partial charge in [-0.3, -0.25) is 9.78 Å². The molecular weight excluding hydrogens is 252 g/mol. The summed E-state index contributed by atoms with van der Waals surface area (Å²) in [4.78, 5) is 15.7. The number of nitrogens with one attached hydrogen (secondary N) is 1. The zero-order valence-corrected chi connectivity index (χ0v) is 11.9. The van der Waals surface area contributed by atoms with Gasteiger partial charge in [0.2, 0.25) is 0 Å². The van der Waals surface area contributed by atoms with Gasteiger partial charge in [-0.25, -0.2) is 5.43 Å². The first-order valence-corrected chi connectivity index (χ1v) is 6.54. The Morgan fingerprint density at radius 2 is 2.25 bits per heavy atom. The van der Waals surface area contributed by atoms with Crippen LogP contribution in [0.1, 0.15) is 34.4 Å². The minimum atomic E-state index is -0.314. The van der Waals surface area contributed by atoms with Gasteiger partial charge in [-0.1, -0.05) is 6.07 Å². The van der Waals surface area contributed by atoms with E-state index in [9.17, 15) is 4.79 Å². The Morgan fingerprint density at radius 1 is 1.45 bits per heavy atom. The first-order chi connectivity index (χ1) is 9.63. The topological polar surface area (TPSA) is 59.3 Å². The fourth-order valence-corrected chi connectivity index (χ4v) is 2.16. The number of aromatic nitrogens is 2. The molecule has 2 aromatic rings. The summed E-state index contributed by atoms with van der Waals surface area (Å²) in [5.41, 5.74) is 6.16. The largest absolute Gasteiger partial charge is 0.349 e. The number of aryl methyl sites for hydroxylation is 1. The maximum absolute atomic E-state index is 11.8. The van der Waals surface area contributed by atoms with Crippen molar-refractivity contribution in [2.24, 2.45) is 5.10 Å². The van der Waals surface area contributed by atoms with E-state index in [1.807, 2.05) is 6.92 Å². The predicted octanol–water partition coefficient (Wildman–Crippen LogP) is 2.28. The van der Waals surface area contributed by atoms with Crippen molar-refractivity contribution in [2.45, 2.75) is 27.3 Å². The fraction of sp³-hybridized carbons (Fsp3) is 0.267. The highest BCUT2D eigenvalue weighted by Crippen LogP contribution is 2.12. The Morgan fingerprint density at radius 3 is 2.85 bits per heavy atom. The summed E-state index contributed by atoms with van der Waals surface area (Å²) in [6.45, 7) is 7.12. The summed E-state index contributed by atoms with van der Waals surface area (Å²) in [6, 6.07) is 7.23. The zero-order chi connectivity index (χ0) is 14.5. The molecule has 0 saturated carbocycles. The molecule has 104 valence electrons. The number of pyridine rings is 1. The van der Waals surface area contributed by atoms with Crippen LogP contribution in [0, 0.1) is 13.8 Å². The van der Waals surface area contributed by atoms with Gasteiger partial charge in [-0.2, -0.15) is 5.10 Å². The molecule has 0 aliphatic heterocycles. The molecule has 0 spiro atoms. The molecule has 0 aliphatic rings. The molecule has 0 fully saturated rings. The molecule has 2 heterocycles. The molecule has 0 radical (unpaired) electrons. The minimum absolute atomic E-state index is 0.314. The molecule has 0 unspecified atom stereocenters. The van der Waals surface area contributed by atoms with E-state index in [1.165, 1.54) is 5.69 Å². The average Bonchev–Trinajstić information content (AvgIpc) is 2.74. The van der Waals surface area contributed by atoms with Gasteiger partial charge in [-0.05, 0) is 39.0 Å². The highest BCUT2D eigenvalue weighted by Gasteiger charge is 2.06. The Kier molecular flexibility index (Phi) is 4.30. The summed E-state index contributed by atoms with van der Waals surface area (Å²) < 4.78 is 2.20. The number of rotatable bonds is 4. The zero-order valence-electron chi connectivity index (χ0n) is 11.9. The lowest BCUT2D eigenvalue weighted by Crippen LogP contribution is -2.18. The van der Waals surface area contributed by atoms with Crippen LogP contribution in [0.5, 0.6) is 0 Å². The van der Waals surface area contributed by atoms with Gasteiger partial charge >= 0.3 is 0 Å². The molecule has 1 amide bonds. The van der Waals surface area contributed by atoms with Crippen LogP contribution >= 0.6 is 0 Å². The lowest BCUT2D eigenvalue weighted by molar-refractivity contribution is 0.0950. The summed E-state index contributed by atoms with van der Waals surface area (Å²) in [7, 11) is 0. The third-order valence-electron chi connectivity index (χ3n) is 3.20. The summed E-state index contributed by atoms with van der Waals surface area (Å²) in [5.74, 6) is -0.314. The standard InChI is InChI=1S/C15H18N4O/c1-4-19-11(2)9-13(12(19)3)10-17-18-15(20)14-7-5-6-8-16-14/h5-10H,4H2,1-3H3,(H,18,20)/b17-10-. The van der Waals surface area contributed by atoms with Crippen molar-refractivity contribution >= 4 is 12.1 Å². The molecule has 0 aromatic carbocycles. The van der Waals surface area contributed by atoms with Crippen LogP contribution in [0.25, 0.3) is 0 Å². The molecule has 5 nitrogen and oxygen atoms in total. The van der Waals surface area contributed by atoms with E-state index in [0.29, 0.717) is 5.69 Å². The Labute approximate surface area is 118 Å². The summed E-state index contributed by atoms with van der Waals surface area (Å²) in [5, 5.41) is 3.99. The molecule has 0 aliphatic carbocycles. The SMILES string of the molecule is CCn1c(C)cc(/C=N\NC(=O)c2ccccn2)c1C. The Balaban J connectivity index is 2.06. The second-order valence-electron chi connectivity index (χ2n) is 4.48. The number of nitrogens with zero attached hydrogens (tertiary/aromatic N) is 3. The van der Waals surface area contributed by atoms with E-state index in [1.54, 1.807) is 30.6 Å². The smallest absolute Gasteiger partial charge is 0.289 e. The van der Waals surface area contributed by atoms with Crippen molar-refractivity contribution in [3.05, 3.63) is 53.1 Å². The van der Waals surface area contributed by atoms with Gasteiger partial charge in [0.15, 0.2) is 0 Å². The Hall–Kier alpha value is -2.43. The van der Waals surface area contributed by atoms with Crippen LogP contribution in [-0.4, -0.2) is 21.7 Å². The normalized spacial score (nSPS) is 10.9. The Bertz CT molecular complexity index is 629. The van der Waals surface area contributed by atoms with Crippen molar-refractivity contribution < 1.29 is 4.79 Å². The van der Waals surface area contributed by atoms with Crippen LogP contribution in [0.15, 0.2) is 35.6 Å². The van der Waals surface area contributed by atoms with Crippen molar-refractivity contribution in [1.82, 2.24) is 15.0 Å². The van der Waals surface area contributed by atoms with E-state index in [2.05, 4.69) is 40.0 Å². The molecule has 5 heteroatoms. The van der Waals surface area contributed by atoms with E-state index in [0.717, 1.165) is 17.8 Å². The molecule has 0 atom stereocenters. The lowest BCUT2D eigenvalue weighted by Gasteiger charge is -2.04. The van der Waals surface area contributed by atoms with Crippen LogP contribution in [0.4, 0.5) is 0 Å². The molecule has 2 aromatic heterocycles. The molecule has 0 saturated heterocycles. The molecule has 0 bridgehead atoms. The lowest BCUT2D eigenvalue weighted by atomic mass is 10.3. The number of hydrogen-bond acceptors (Lipinski definition) is 3. The van der Waals surface area contributed by atoms with Gasteiger partial charge in [-0.15, -0.1) is 0 Å². The molecule has 20 heavy (non-hydrogen) atoms. The maximum Gasteiger partial charge on any atom is 0.289 e. The average molecular weight is 270 g/mol. The van der Waals surface area contributed by atoms with Crippen LogP contribution in [-0.2, 0) is 6.54 Å². The third-order valence-corrected chi connectivity index (χ3v) is 3.20. The molecule has 1 N–H and O–H groups in total. The van der Waals surface area contributed by atoms with Gasteiger partial charge in [0, 0.05) is 29.7 Å². The number of amides is 1. The summed E-state index contributed by atoms with van der Waals surface area (Å²) >= 11 is 0. The van der Waals surface area contributed by atoms with Gasteiger partial charge < -0.3 is 4.57 Å². The monoisotopic (exact) mass is 270 g/mol. The third kappa shape index (κ3) is 2.93. The van der Waals surface area contributed by atoms with Crippen LogP contribution in [0.3, 0.4) is 0 Å². The number of carbonyl (C=O) groups is 1. The van der Waals surface area contributed by atoms with E-state index >= 15 is 0 Å². The van der Waals surface area contributed by atoms with E-state index < -0.39 is 0 Å². The van der Waals surface area contributed by atoms with Crippen molar-refractivity contribution in [2.75, 3.05) is 0 Å². The van der Waals surface area contributed by atoms with Crippen LogP contribution in [0.2, 0.25) is 0 Å². The number of hydrazone groups is 1. The van der Waals surface area contributed by atoms with E-state index in [-0.39, 0.29) is 5.91 Å². The van der Waals surface area contributed by atoms with Crippen molar-refractivity contribution in [3.63, 3.8) is 0 Å². The van der Waals surface area contributed by atoms with Crippen molar-refractivity contribution in [3.8, 4) is 0 Å². The van der Waals surface area contributed by atoms with E-state index in [4.69, 9.17) is 0 Å². The van der Waals surface area contributed by atoms with Crippen molar-refractivity contribution in [1.29, 1.82) is 0 Å². The van der Waals surface area contributed by atoms with Gasteiger partial charge in [0.1, 0.15) is 5.69 Å². The second kappa shape index (κ2) is 6.14. The van der Waals surface area contributed by atoms with Gasteiger partial charge in [0.25, 0.3) is 5.91 Å². The predicted molar refractivity (Wildman–Crippen MR) is 78.9 cm³/mol. The second-order valence-corrected chi connectivity index (χ2v) is 4.48. The minimum Gasteiger partial charge on any atom is -0.349 e. The van der Waals surface area contributed by atoms with Crippen LogP contribution < -0.4 is 5.43 Å². The number of carbonyl (C=O) groups excluding carboxylic acids is 1. The highest BCUT2D eigenvalue weighted by molar-refractivity contribution is 5.93.